The van der Waals surface area contributed by atoms with Crippen LogP contribution in [0.5, 0.6) is 0 Å². The third-order valence-electron chi connectivity index (χ3n) is 1.00. The molecule has 6 nitrogen and oxygen atoms in total. The molecule has 0 aliphatic rings. The highest BCUT2D eigenvalue weighted by molar-refractivity contribution is 8.93. The van der Waals surface area contributed by atoms with Gasteiger partial charge in [-0.15, -0.1) is 34.0 Å². The quantitative estimate of drug-likeness (QED) is 0.522. The molecule has 0 aromatic carbocycles. The molecule has 70 valence electrons. The van der Waals surface area contributed by atoms with Crippen molar-refractivity contribution in [3.8, 4) is 0 Å². The van der Waals surface area contributed by atoms with E-state index < -0.39 is 5.56 Å². The van der Waals surface area contributed by atoms with Gasteiger partial charge in [0.1, 0.15) is 5.69 Å². The molecule has 0 fully saturated rings. The summed E-state index contributed by atoms with van der Waals surface area (Å²) < 4.78 is 0. The van der Waals surface area contributed by atoms with Crippen molar-refractivity contribution in [2.45, 2.75) is 0 Å². The summed E-state index contributed by atoms with van der Waals surface area (Å²) in [6.07, 6.45) is 0. The van der Waals surface area contributed by atoms with Gasteiger partial charge in [-0.1, -0.05) is 0 Å². The number of nitrogens with two attached hydrogens (primary N) is 3. The van der Waals surface area contributed by atoms with Crippen LogP contribution in [0.1, 0.15) is 0 Å². The maximum atomic E-state index is 10.7. The van der Waals surface area contributed by atoms with Gasteiger partial charge in [0.2, 0.25) is 5.95 Å². The number of anilines is 3. The van der Waals surface area contributed by atoms with Crippen molar-refractivity contribution in [3.05, 3.63) is 10.4 Å². The van der Waals surface area contributed by atoms with Gasteiger partial charge in [-0.05, 0) is 0 Å². The zero-order chi connectivity index (χ0) is 7.72. The monoisotopic (exact) mass is 301 g/mol. The normalized spacial score (nSPS) is 8.00. The Hall–Kier alpha value is -0.760. The summed E-state index contributed by atoms with van der Waals surface area (Å²) in [5.41, 5.74) is 14.9. The van der Waals surface area contributed by atoms with Crippen LogP contribution in [0.25, 0.3) is 0 Å². The number of nitrogen functional groups attached to an aromatic ring is 3. The Morgan fingerprint density at radius 2 is 1.67 bits per heavy atom. The predicted molar refractivity (Wildman–Crippen MR) is 58.7 cm³/mol. The lowest BCUT2D eigenvalue weighted by molar-refractivity contribution is 1.15. The van der Waals surface area contributed by atoms with E-state index in [1.54, 1.807) is 0 Å². The number of nitrogens with one attached hydrogen (secondary N) is 1. The maximum absolute atomic E-state index is 10.7. The number of nitrogens with zero attached hydrogens (tertiary/aromatic N) is 1. The summed E-state index contributed by atoms with van der Waals surface area (Å²) in [5, 5.41) is 0. The SMILES string of the molecule is Br.Br.Nc1nc(N)c(N)c(=O)[nH]1. The van der Waals surface area contributed by atoms with Gasteiger partial charge in [0.25, 0.3) is 5.56 Å². The first-order valence-corrected chi connectivity index (χ1v) is 2.52. The molecule has 1 aromatic rings. The van der Waals surface area contributed by atoms with Crippen LogP contribution in [0.2, 0.25) is 0 Å². The van der Waals surface area contributed by atoms with Gasteiger partial charge in [-0.3, -0.25) is 9.78 Å². The lowest BCUT2D eigenvalue weighted by Gasteiger charge is -1.96. The Kier molecular flexibility index (Phi) is 5.74. The van der Waals surface area contributed by atoms with E-state index >= 15 is 0 Å². The highest BCUT2D eigenvalue weighted by atomic mass is 79.9. The van der Waals surface area contributed by atoms with Crippen LogP contribution in [0, 0.1) is 0 Å². The first-order valence-electron chi connectivity index (χ1n) is 2.52. The first kappa shape index (κ1) is 13.8. The highest BCUT2D eigenvalue weighted by Gasteiger charge is 2.00. The first-order chi connectivity index (χ1) is 4.61. The third kappa shape index (κ3) is 2.70. The number of hydrogen-bond donors (Lipinski definition) is 4. The van der Waals surface area contributed by atoms with Crippen LogP contribution >= 0.6 is 34.0 Å². The average molecular weight is 303 g/mol. The summed E-state index contributed by atoms with van der Waals surface area (Å²) in [4.78, 5) is 16.4. The fourth-order valence-corrected chi connectivity index (χ4v) is 0.518. The van der Waals surface area contributed by atoms with E-state index in [0.717, 1.165) is 0 Å². The molecule has 0 aliphatic carbocycles. The van der Waals surface area contributed by atoms with Crippen LogP contribution < -0.4 is 22.8 Å². The fourth-order valence-electron chi connectivity index (χ4n) is 0.518. The topological polar surface area (TPSA) is 124 Å². The Balaban J connectivity index is 0. The second-order valence-electron chi connectivity index (χ2n) is 1.75. The molecule has 12 heavy (non-hydrogen) atoms. The maximum Gasteiger partial charge on any atom is 0.277 e. The molecular weight excluding hydrogens is 294 g/mol. The molecule has 0 saturated carbocycles. The summed E-state index contributed by atoms with van der Waals surface area (Å²) in [7, 11) is 0. The lowest BCUT2D eigenvalue weighted by Crippen LogP contribution is -2.17. The molecule has 0 amide bonds. The summed E-state index contributed by atoms with van der Waals surface area (Å²) in [6.45, 7) is 0. The number of halogens is 2. The second-order valence-corrected chi connectivity index (χ2v) is 1.75. The van der Waals surface area contributed by atoms with Crippen LogP contribution in [-0.4, -0.2) is 9.97 Å². The molecular formula is C4H9Br2N5O. The van der Waals surface area contributed by atoms with Gasteiger partial charge >= 0.3 is 0 Å². The van der Waals surface area contributed by atoms with Gasteiger partial charge in [-0.25, -0.2) is 0 Å². The molecule has 7 N–H and O–H groups in total. The molecule has 1 heterocycles. The summed E-state index contributed by atoms with van der Waals surface area (Å²) in [6, 6.07) is 0. The molecule has 8 heteroatoms. The molecule has 0 bridgehead atoms. The van der Waals surface area contributed by atoms with Crippen molar-refractivity contribution >= 4 is 51.4 Å². The fraction of sp³-hybridized carbons (Fsp3) is 0. The van der Waals surface area contributed by atoms with Crippen LogP contribution in [0.3, 0.4) is 0 Å². The van der Waals surface area contributed by atoms with Crippen molar-refractivity contribution in [1.82, 2.24) is 9.97 Å². The molecule has 1 aromatic heterocycles. The molecule has 0 spiro atoms. The van der Waals surface area contributed by atoms with Crippen molar-refractivity contribution in [2.24, 2.45) is 0 Å². The van der Waals surface area contributed by atoms with E-state index in [-0.39, 0.29) is 51.4 Å². The standard InChI is InChI=1S/C4H7N5O.2BrH/c5-1-2(6)8-4(7)9-3(1)10;;/h5H2,(H5,6,7,8,9,10);2*1H. The summed E-state index contributed by atoms with van der Waals surface area (Å²) >= 11 is 0. The largest absolute Gasteiger partial charge is 0.391 e. The van der Waals surface area contributed by atoms with Gasteiger partial charge < -0.3 is 17.2 Å². The zero-order valence-electron chi connectivity index (χ0n) is 5.90. The van der Waals surface area contributed by atoms with Gasteiger partial charge in [0, 0.05) is 0 Å². The molecule has 0 radical (unpaired) electrons. The number of rotatable bonds is 0. The van der Waals surface area contributed by atoms with Gasteiger partial charge in [0.15, 0.2) is 5.82 Å². The van der Waals surface area contributed by atoms with Crippen molar-refractivity contribution in [1.29, 1.82) is 0 Å². The Bertz CT molecular complexity index is 311. The van der Waals surface area contributed by atoms with E-state index in [9.17, 15) is 4.79 Å². The average Bonchev–Trinajstić information content (AvgIpc) is 1.82. The van der Waals surface area contributed by atoms with Crippen molar-refractivity contribution in [3.63, 3.8) is 0 Å². The lowest BCUT2D eigenvalue weighted by atomic mass is 10.5. The van der Waals surface area contributed by atoms with E-state index in [2.05, 4.69) is 9.97 Å². The smallest absolute Gasteiger partial charge is 0.277 e. The summed E-state index contributed by atoms with van der Waals surface area (Å²) in [5.74, 6) is -0.0713. The zero-order valence-corrected chi connectivity index (χ0v) is 9.33. The van der Waals surface area contributed by atoms with E-state index in [1.807, 2.05) is 0 Å². The minimum Gasteiger partial charge on any atom is -0.391 e. The Morgan fingerprint density at radius 1 is 1.17 bits per heavy atom. The van der Waals surface area contributed by atoms with E-state index in [1.165, 1.54) is 0 Å². The second kappa shape index (κ2) is 4.99. The number of aromatic nitrogens is 2. The Labute approximate surface area is 89.1 Å². The predicted octanol–water partition coefficient (Wildman–Crippen LogP) is -0.328. The molecule has 0 atom stereocenters. The number of aromatic amines is 1. The molecule has 1 rings (SSSR count). The highest BCUT2D eigenvalue weighted by Crippen LogP contribution is 2.02. The molecule has 0 aliphatic heterocycles. The van der Waals surface area contributed by atoms with E-state index in [0.29, 0.717) is 0 Å². The minimum atomic E-state index is -0.509. The number of hydrogen-bond acceptors (Lipinski definition) is 5. The van der Waals surface area contributed by atoms with Crippen molar-refractivity contribution < 1.29 is 0 Å². The number of H-pyrrole nitrogens is 1. The van der Waals surface area contributed by atoms with Crippen LogP contribution in [0.15, 0.2) is 4.79 Å². The minimum absolute atomic E-state index is 0. The molecule has 0 saturated heterocycles. The third-order valence-corrected chi connectivity index (χ3v) is 1.00. The van der Waals surface area contributed by atoms with E-state index in [4.69, 9.17) is 17.2 Å². The van der Waals surface area contributed by atoms with Gasteiger partial charge in [-0.2, -0.15) is 4.98 Å². The van der Waals surface area contributed by atoms with Crippen molar-refractivity contribution in [2.75, 3.05) is 17.2 Å². The van der Waals surface area contributed by atoms with Gasteiger partial charge in [0.05, 0.1) is 0 Å². The van der Waals surface area contributed by atoms with Crippen LogP contribution in [-0.2, 0) is 0 Å². The Morgan fingerprint density at radius 3 is 2.08 bits per heavy atom. The van der Waals surface area contributed by atoms with Crippen LogP contribution in [0.4, 0.5) is 17.5 Å². The molecule has 0 unspecified atom stereocenters.